The molecule has 0 fully saturated rings. The second-order valence-corrected chi connectivity index (χ2v) is 4.99. The van der Waals surface area contributed by atoms with Crippen LogP contribution >= 0.6 is 0 Å². The van der Waals surface area contributed by atoms with Crippen molar-refractivity contribution in [3.63, 3.8) is 0 Å². The molecule has 0 aliphatic rings. The lowest BCUT2D eigenvalue weighted by Crippen LogP contribution is -2.17. The summed E-state index contributed by atoms with van der Waals surface area (Å²) in [6.45, 7) is 6.26. The highest BCUT2D eigenvalue weighted by Crippen LogP contribution is 2.18. The fourth-order valence-corrected chi connectivity index (χ4v) is 1.83. The largest absolute Gasteiger partial charge is 0.396 e. The summed E-state index contributed by atoms with van der Waals surface area (Å²) >= 11 is 0. The van der Waals surface area contributed by atoms with E-state index in [1.165, 1.54) is 0 Å². The number of aromatic nitrogens is 3. The normalized spacial score (nSPS) is 12.9. The first kappa shape index (κ1) is 14.6. The fraction of sp³-hybridized carbons (Fsp3) is 0.750. The maximum Gasteiger partial charge on any atom is 0.271 e. The van der Waals surface area contributed by atoms with Crippen LogP contribution in [0.4, 0.5) is 0 Å². The Kier molecular flexibility index (Phi) is 5.27. The average Bonchev–Trinajstić information content (AvgIpc) is 2.70. The molecule has 0 aliphatic carbocycles. The van der Waals surface area contributed by atoms with Crippen LogP contribution < -0.4 is 5.73 Å². The van der Waals surface area contributed by atoms with Crippen molar-refractivity contribution in [2.24, 2.45) is 11.7 Å². The Hall–Kier alpha value is -1.43. The van der Waals surface area contributed by atoms with Crippen LogP contribution in [-0.4, -0.2) is 32.6 Å². The zero-order valence-electron chi connectivity index (χ0n) is 11.3. The number of hydrogen-bond acceptors (Lipinski definition) is 4. The molecular weight excluding hydrogens is 232 g/mol. The monoisotopic (exact) mass is 254 g/mol. The summed E-state index contributed by atoms with van der Waals surface area (Å²) in [5.41, 5.74) is 6.33. The minimum absolute atomic E-state index is 0.0118. The summed E-state index contributed by atoms with van der Waals surface area (Å²) in [5, 5.41) is 16.8. The number of amides is 1. The third-order valence-electron chi connectivity index (χ3n) is 2.95. The molecule has 0 spiro atoms. The summed E-state index contributed by atoms with van der Waals surface area (Å²) in [7, 11) is 0. The molecule has 0 bridgehead atoms. The molecule has 0 saturated carbocycles. The van der Waals surface area contributed by atoms with Gasteiger partial charge in [0.2, 0.25) is 0 Å². The minimum Gasteiger partial charge on any atom is -0.396 e. The van der Waals surface area contributed by atoms with E-state index in [0.29, 0.717) is 12.3 Å². The number of aliphatic hydroxyl groups is 1. The number of nitrogens with zero attached hydrogens (tertiary/aromatic N) is 3. The lowest BCUT2D eigenvalue weighted by atomic mass is 10.0. The standard InChI is InChI=1S/C12H22N4O2/c1-8(2)4-5-10-11(12(13)18)14-15-16(10)9(3)6-7-17/h8-9,17H,4-7H2,1-3H3,(H2,13,18). The zero-order chi connectivity index (χ0) is 13.7. The first-order valence-corrected chi connectivity index (χ1v) is 6.32. The Morgan fingerprint density at radius 1 is 1.39 bits per heavy atom. The Morgan fingerprint density at radius 2 is 2.06 bits per heavy atom. The van der Waals surface area contributed by atoms with Crippen molar-refractivity contribution in [2.45, 2.75) is 46.1 Å². The molecule has 1 aromatic heterocycles. The van der Waals surface area contributed by atoms with Crippen LogP contribution in [0.2, 0.25) is 0 Å². The van der Waals surface area contributed by atoms with Gasteiger partial charge >= 0.3 is 0 Å². The van der Waals surface area contributed by atoms with Crippen LogP contribution in [0.25, 0.3) is 0 Å². The van der Waals surface area contributed by atoms with E-state index in [-0.39, 0.29) is 18.3 Å². The van der Waals surface area contributed by atoms with Crippen molar-refractivity contribution in [3.05, 3.63) is 11.4 Å². The predicted octanol–water partition coefficient (Wildman–Crippen LogP) is 0.909. The van der Waals surface area contributed by atoms with E-state index in [1.807, 2.05) is 6.92 Å². The molecule has 1 aromatic rings. The topological polar surface area (TPSA) is 94.0 Å². The summed E-state index contributed by atoms with van der Waals surface area (Å²) in [6.07, 6.45) is 2.24. The molecule has 0 saturated heterocycles. The van der Waals surface area contributed by atoms with Gasteiger partial charge in [-0.25, -0.2) is 4.68 Å². The smallest absolute Gasteiger partial charge is 0.271 e. The Balaban J connectivity index is 2.98. The van der Waals surface area contributed by atoms with E-state index in [1.54, 1.807) is 4.68 Å². The van der Waals surface area contributed by atoms with E-state index in [4.69, 9.17) is 10.8 Å². The van der Waals surface area contributed by atoms with E-state index in [2.05, 4.69) is 24.2 Å². The molecule has 0 aliphatic heterocycles. The molecular formula is C12H22N4O2. The van der Waals surface area contributed by atoms with Crippen molar-refractivity contribution in [3.8, 4) is 0 Å². The van der Waals surface area contributed by atoms with Crippen LogP contribution in [0.1, 0.15) is 55.8 Å². The van der Waals surface area contributed by atoms with Crippen LogP contribution in [0.5, 0.6) is 0 Å². The first-order chi connectivity index (χ1) is 8.47. The van der Waals surface area contributed by atoms with E-state index < -0.39 is 5.91 Å². The van der Waals surface area contributed by atoms with Gasteiger partial charge in [0.15, 0.2) is 5.69 Å². The number of carbonyl (C=O) groups is 1. The number of rotatable bonds is 7. The number of primary amides is 1. The number of aliphatic hydroxyl groups excluding tert-OH is 1. The van der Waals surface area contributed by atoms with Gasteiger partial charge in [-0.15, -0.1) is 5.10 Å². The van der Waals surface area contributed by atoms with Crippen LogP contribution in [-0.2, 0) is 6.42 Å². The minimum atomic E-state index is -0.545. The predicted molar refractivity (Wildman–Crippen MR) is 68.1 cm³/mol. The van der Waals surface area contributed by atoms with Gasteiger partial charge in [-0.3, -0.25) is 4.79 Å². The molecule has 1 rings (SSSR count). The molecule has 1 unspecified atom stereocenters. The Morgan fingerprint density at radius 3 is 2.56 bits per heavy atom. The molecule has 1 heterocycles. The van der Waals surface area contributed by atoms with Gasteiger partial charge in [-0.1, -0.05) is 19.1 Å². The molecule has 18 heavy (non-hydrogen) atoms. The zero-order valence-corrected chi connectivity index (χ0v) is 11.3. The first-order valence-electron chi connectivity index (χ1n) is 6.32. The second kappa shape index (κ2) is 6.49. The van der Waals surface area contributed by atoms with Gasteiger partial charge in [0.05, 0.1) is 11.7 Å². The van der Waals surface area contributed by atoms with E-state index >= 15 is 0 Å². The second-order valence-electron chi connectivity index (χ2n) is 4.99. The third kappa shape index (κ3) is 3.53. The van der Waals surface area contributed by atoms with Crippen molar-refractivity contribution in [2.75, 3.05) is 6.61 Å². The van der Waals surface area contributed by atoms with Crippen molar-refractivity contribution in [1.29, 1.82) is 0 Å². The number of hydrogen-bond donors (Lipinski definition) is 2. The molecule has 1 amide bonds. The summed E-state index contributed by atoms with van der Waals surface area (Å²) < 4.78 is 1.71. The molecule has 6 heteroatoms. The highest BCUT2D eigenvalue weighted by Gasteiger charge is 2.20. The van der Waals surface area contributed by atoms with Gasteiger partial charge in [-0.2, -0.15) is 0 Å². The van der Waals surface area contributed by atoms with Crippen LogP contribution in [0.3, 0.4) is 0 Å². The third-order valence-corrected chi connectivity index (χ3v) is 2.95. The van der Waals surface area contributed by atoms with Crippen molar-refractivity contribution < 1.29 is 9.90 Å². The van der Waals surface area contributed by atoms with E-state index in [9.17, 15) is 4.79 Å². The fourth-order valence-electron chi connectivity index (χ4n) is 1.83. The molecule has 6 nitrogen and oxygen atoms in total. The van der Waals surface area contributed by atoms with Gasteiger partial charge in [0.25, 0.3) is 5.91 Å². The molecule has 1 atom stereocenters. The van der Waals surface area contributed by atoms with Gasteiger partial charge < -0.3 is 10.8 Å². The summed E-state index contributed by atoms with van der Waals surface area (Å²) in [4.78, 5) is 11.3. The lowest BCUT2D eigenvalue weighted by molar-refractivity contribution is 0.0994. The number of carbonyl (C=O) groups excluding carboxylic acids is 1. The SMILES string of the molecule is CC(C)CCc1c(C(N)=O)nnn1C(C)CCO. The van der Waals surface area contributed by atoms with Crippen molar-refractivity contribution >= 4 is 5.91 Å². The Bertz CT molecular complexity index is 401. The van der Waals surface area contributed by atoms with Crippen LogP contribution in [0.15, 0.2) is 0 Å². The quantitative estimate of drug-likeness (QED) is 0.756. The maximum absolute atomic E-state index is 11.3. The van der Waals surface area contributed by atoms with E-state index in [0.717, 1.165) is 18.5 Å². The highest BCUT2D eigenvalue weighted by atomic mass is 16.3. The maximum atomic E-state index is 11.3. The van der Waals surface area contributed by atoms with Crippen molar-refractivity contribution in [1.82, 2.24) is 15.0 Å². The highest BCUT2D eigenvalue weighted by molar-refractivity contribution is 5.91. The van der Waals surface area contributed by atoms with Gasteiger partial charge in [0.1, 0.15) is 0 Å². The molecule has 0 aromatic carbocycles. The molecule has 0 radical (unpaired) electrons. The average molecular weight is 254 g/mol. The Labute approximate surface area is 107 Å². The summed E-state index contributed by atoms with van der Waals surface area (Å²) in [6, 6.07) is 0.0118. The van der Waals surface area contributed by atoms with Gasteiger partial charge in [-0.05, 0) is 32.1 Å². The number of nitrogens with two attached hydrogens (primary N) is 1. The molecule has 3 N–H and O–H groups in total. The molecule has 102 valence electrons. The summed E-state index contributed by atoms with van der Waals surface area (Å²) in [5.74, 6) is -0.0153. The lowest BCUT2D eigenvalue weighted by Gasteiger charge is -2.14. The van der Waals surface area contributed by atoms with Gasteiger partial charge in [0, 0.05) is 6.61 Å². The van der Waals surface area contributed by atoms with Crippen LogP contribution in [0, 0.1) is 5.92 Å².